The minimum Gasteiger partial charge on any atom is -0.408 e. The standard InChI is InChI=1S/C29H35N5O5S2/c1-33(10-12-37-2)8-9-34-22-13-19(5-6-23(22)39-29(34)36)25-16-27-26(41-25)15-21(40-27)14-20(17-30)32-28(35)24-18-31-7-3-4-11-38-24/h5-6,13,15-16,20,24,31H,3-4,7-12,14,18H2,1-2H3,(H,32,35)/t20-,24-/m0/s1. The number of thiophene rings is 2. The third-order valence-electron chi connectivity index (χ3n) is 7.16. The average molecular weight is 598 g/mol. The number of amides is 1. The third-order valence-corrected chi connectivity index (χ3v) is 9.52. The van der Waals surface area contributed by atoms with Crippen LogP contribution in [0, 0.1) is 11.3 Å². The van der Waals surface area contributed by atoms with Gasteiger partial charge in [0.25, 0.3) is 5.91 Å². The molecule has 41 heavy (non-hydrogen) atoms. The molecule has 218 valence electrons. The van der Waals surface area contributed by atoms with E-state index in [4.69, 9.17) is 13.9 Å². The molecule has 4 heterocycles. The summed E-state index contributed by atoms with van der Waals surface area (Å²) in [5, 5.41) is 15.8. The number of hydrogen-bond acceptors (Lipinski definition) is 10. The number of hydrogen-bond donors (Lipinski definition) is 2. The first-order valence-electron chi connectivity index (χ1n) is 13.8. The summed E-state index contributed by atoms with van der Waals surface area (Å²) in [6.45, 7) is 4.52. The summed E-state index contributed by atoms with van der Waals surface area (Å²) in [6, 6.07) is 11.7. The maximum atomic E-state index is 12.7. The Balaban J connectivity index is 1.27. The van der Waals surface area contributed by atoms with E-state index >= 15 is 0 Å². The fourth-order valence-electron chi connectivity index (χ4n) is 4.82. The fraction of sp³-hybridized carbons (Fsp3) is 0.483. The van der Waals surface area contributed by atoms with Gasteiger partial charge in [0, 0.05) is 65.5 Å². The van der Waals surface area contributed by atoms with Crippen molar-refractivity contribution in [3.63, 3.8) is 0 Å². The minimum atomic E-state index is -0.627. The van der Waals surface area contributed by atoms with Crippen LogP contribution >= 0.6 is 22.7 Å². The van der Waals surface area contributed by atoms with Gasteiger partial charge < -0.3 is 29.4 Å². The largest absolute Gasteiger partial charge is 0.419 e. The zero-order valence-electron chi connectivity index (χ0n) is 23.3. The summed E-state index contributed by atoms with van der Waals surface area (Å²) >= 11 is 3.30. The highest BCUT2D eigenvalue weighted by molar-refractivity contribution is 7.29. The number of likely N-dealkylation sites (N-methyl/N-ethyl adjacent to an activating group) is 1. The predicted octanol–water partition coefficient (Wildman–Crippen LogP) is 3.44. The molecular formula is C29H35N5O5S2. The quantitative estimate of drug-likeness (QED) is 0.270. The van der Waals surface area contributed by atoms with Gasteiger partial charge in [-0.3, -0.25) is 9.36 Å². The van der Waals surface area contributed by atoms with Gasteiger partial charge in [0.15, 0.2) is 5.58 Å². The number of methoxy groups -OCH3 is 1. The summed E-state index contributed by atoms with van der Waals surface area (Å²) in [7, 11) is 3.68. The van der Waals surface area contributed by atoms with Gasteiger partial charge in [0.05, 0.1) is 18.2 Å². The Morgan fingerprint density at radius 2 is 2.12 bits per heavy atom. The average Bonchev–Trinajstić information content (AvgIpc) is 3.60. The molecule has 1 aromatic carbocycles. The Bertz CT molecular complexity index is 1540. The minimum absolute atomic E-state index is 0.249. The molecule has 1 aliphatic rings. The van der Waals surface area contributed by atoms with Crippen LogP contribution in [0.2, 0.25) is 0 Å². The van der Waals surface area contributed by atoms with Gasteiger partial charge in [-0.25, -0.2) is 4.79 Å². The van der Waals surface area contributed by atoms with Crippen molar-refractivity contribution in [3.8, 4) is 16.5 Å². The first kappa shape index (κ1) is 29.4. The molecule has 4 aromatic rings. The van der Waals surface area contributed by atoms with E-state index in [0.29, 0.717) is 44.9 Å². The molecule has 0 radical (unpaired) electrons. The lowest BCUT2D eigenvalue weighted by atomic mass is 10.1. The highest BCUT2D eigenvalue weighted by Crippen LogP contribution is 2.39. The summed E-state index contributed by atoms with van der Waals surface area (Å²) in [5.74, 6) is -0.605. The number of carbonyl (C=O) groups is 1. The number of oxazole rings is 1. The molecule has 0 unspecified atom stereocenters. The monoisotopic (exact) mass is 597 g/mol. The maximum Gasteiger partial charge on any atom is 0.419 e. The molecule has 0 bridgehead atoms. The number of ether oxygens (including phenoxy) is 2. The number of carbonyl (C=O) groups excluding carboxylic acids is 1. The lowest BCUT2D eigenvalue weighted by molar-refractivity contribution is -0.133. The van der Waals surface area contributed by atoms with E-state index in [2.05, 4.69) is 33.7 Å². The van der Waals surface area contributed by atoms with Gasteiger partial charge in [-0.1, -0.05) is 0 Å². The number of aromatic nitrogens is 1. The van der Waals surface area contributed by atoms with Gasteiger partial charge in [0.2, 0.25) is 0 Å². The van der Waals surface area contributed by atoms with Crippen molar-refractivity contribution in [1.29, 1.82) is 5.26 Å². The van der Waals surface area contributed by atoms with Crippen LogP contribution < -0.4 is 16.4 Å². The Kier molecular flexibility index (Phi) is 9.87. The van der Waals surface area contributed by atoms with E-state index in [1.54, 1.807) is 34.4 Å². The molecule has 3 aromatic heterocycles. The van der Waals surface area contributed by atoms with Crippen LogP contribution in [0.3, 0.4) is 0 Å². The first-order chi connectivity index (χ1) is 19.9. The molecule has 2 N–H and O–H groups in total. The molecule has 1 amide bonds. The number of nitrogens with one attached hydrogen (secondary N) is 2. The number of nitriles is 1. The van der Waals surface area contributed by atoms with Gasteiger partial charge in [-0.2, -0.15) is 5.26 Å². The summed E-state index contributed by atoms with van der Waals surface area (Å²) in [5.41, 5.74) is 2.37. The first-order valence-corrected chi connectivity index (χ1v) is 15.4. The normalized spacial score (nSPS) is 17.0. The van der Waals surface area contributed by atoms with Gasteiger partial charge >= 0.3 is 5.76 Å². The topological polar surface area (TPSA) is 122 Å². The van der Waals surface area contributed by atoms with E-state index < -0.39 is 12.1 Å². The Morgan fingerprint density at radius 3 is 2.93 bits per heavy atom. The van der Waals surface area contributed by atoms with Crippen LogP contribution in [0.4, 0.5) is 0 Å². The SMILES string of the molecule is COCCN(C)CCn1c(=O)oc2ccc(-c3cc4sc(C[C@@H](C#N)NC(=O)[C@@H]5CNCCCCO5)cc4s3)cc21. The smallest absolute Gasteiger partial charge is 0.408 e. The molecule has 10 nitrogen and oxygen atoms in total. The van der Waals surface area contributed by atoms with Crippen molar-refractivity contribution in [2.75, 3.05) is 53.6 Å². The van der Waals surface area contributed by atoms with Crippen LogP contribution in [0.25, 0.3) is 30.9 Å². The molecular weight excluding hydrogens is 562 g/mol. The van der Waals surface area contributed by atoms with E-state index in [0.717, 1.165) is 56.2 Å². The second kappa shape index (κ2) is 13.7. The van der Waals surface area contributed by atoms with E-state index in [1.165, 1.54) is 0 Å². The summed E-state index contributed by atoms with van der Waals surface area (Å²) < 4.78 is 20.3. The number of fused-ring (bicyclic) bond motifs is 2. The maximum absolute atomic E-state index is 12.7. The van der Waals surface area contributed by atoms with Crippen molar-refractivity contribution < 1.29 is 18.7 Å². The Morgan fingerprint density at radius 1 is 1.27 bits per heavy atom. The molecule has 1 fully saturated rings. The van der Waals surface area contributed by atoms with Crippen LogP contribution in [-0.4, -0.2) is 81.1 Å². The fourth-order valence-corrected chi connectivity index (χ4v) is 7.28. The number of rotatable bonds is 11. The molecule has 1 aliphatic heterocycles. The van der Waals surface area contributed by atoms with E-state index in [-0.39, 0.29) is 11.7 Å². The van der Waals surface area contributed by atoms with Crippen molar-refractivity contribution in [2.24, 2.45) is 0 Å². The summed E-state index contributed by atoms with van der Waals surface area (Å²) in [4.78, 5) is 29.5. The van der Waals surface area contributed by atoms with Crippen LogP contribution in [0.1, 0.15) is 17.7 Å². The molecule has 0 aliphatic carbocycles. The lowest BCUT2D eigenvalue weighted by Crippen LogP contribution is -2.47. The number of nitrogens with zero attached hydrogens (tertiary/aromatic N) is 3. The van der Waals surface area contributed by atoms with Gasteiger partial charge in [0.1, 0.15) is 12.1 Å². The Labute approximate surface area is 246 Å². The van der Waals surface area contributed by atoms with E-state index in [1.807, 2.05) is 25.2 Å². The third kappa shape index (κ3) is 7.24. The van der Waals surface area contributed by atoms with Crippen LogP contribution in [0.15, 0.2) is 39.5 Å². The number of benzene rings is 1. The summed E-state index contributed by atoms with van der Waals surface area (Å²) in [6.07, 6.45) is 1.80. The molecule has 0 saturated carbocycles. The lowest BCUT2D eigenvalue weighted by Gasteiger charge is -2.22. The Hall–Kier alpha value is -3.05. The van der Waals surface area contributed by atoms with Crippen molar-refractivity contribution in [3.05, 3.63) is 45.8 Å². The van der Waals surface area contributed by atoms with Crippen molar-refractivity contribution in [1.82, 2.24) is 20.1 Å². The van der Waals surface area contributed by atoms with Gasteiger partial charge in [-0.15, -0.1) is 22.7 Å². The van der Waals surface area contributed by atoms with E-state index in [9.17, 15) is 14.9 Å². The zero-order valence-corrected chi connectivity index (χ0v) is 24.9. The molecule has 1 saturated heterocycles. The highest BCUT2D eigenvalue weighted by atomic mass is 32.1. The van der Waals surface area contributed by atoms with Crippen LogP contribution in [-0.2, 0) is 27.2 Å². The van der Waals surface area contributed by atoms with Crippen molar-refractivity contribution >= 4 is 49.1 Å². The molecule has 0 spiro atoms. The second-order valence-electron chi connectivity index (χ2n) is 10.2. The molecule has 5 rings (SSSR count). The molecule has 12 heteroatoms. The zero-order chi connectivity index (χ0) is 28.8. The van der Waals surface area contributed by atoms with Crippen LogP contribution in [0.5, 0.6) is 0 Å². The van der Waals surface area contributed by atoms with Crippen molar-refractivity contribution in [2.45, 2.75) is 38.0 Å². The predicted molar refractivity (Wildman–Crippen MR) is 162 cm³/mol. The van der Waals surface area contributed by atoms with Gasteiger partial charge in [-0.05, 0) is 62.3 Å². The molecule has 2 atom stereocenters. The highest BCUT2D eigenvalue weighted by Gasteiger charge is 2.23. The second-order valence-corrected chi connectivity index (χ2v) is 12.5.